The van der Waals surface area contributed by atoms with Gasteiger partial charge in [0.25, 0.3) is 5.91 Å². The van der Waals surface area contributed by atoms with Gasteiger partial charge in [-0.1, -0.05) is 26.0 Å². The summed E-state index contributed by atoms with van der Waals surface area (Å²) >= 11 is 4.99. The van der Waals surface area contributed by atoms with Crippen molar-refractivity contribution in [3.8, 4) is 0 Å². The molecule has 104 valence electrons. The number of carbonyl (C=O) groups is 1. The Kier molecular flexibility index (Phi) is 6.45. The van der Waals surface area contributed by atoms with Crippen LogP contribution in [0.25, 0.3) is 0 Å². The quantitative estimate of drug-likeness (QED) is 0.568. The number of thiocarbonyl (C=S) groups is 1. The highest BCUT2D eigenvalue weighted by Crippen LogP contribution is 2.14. The first-order chi connectivity index (χ1) is 9.04. The molecule has 0 radical (unpaired) electrons. The maximum atomic E-state index is 11.9. The minimum absolute atomic E-state index is 0.0974. The van der Waals surface area contributed by atoms with Gasteiger partial charge in [0.2, 0.25) is 0 Å². The summed E-state index contributed by atoms with van der Waals surface area (Å²) in [6.45, 7) is 4.85. The first-order valence-corrected chi connectivity index (χ1v) is 6.75. The predicted molar refractivity (Wildman–Crippen MR) is 80.3 cm³/mol. The number of aliphatic hydroxyl groups excluding tert-OH is 1. The summed E-state index contributed by atoms with van der Waals surface area (Å²) in [5.74, 6) is 0.218. The first-order valence-electron chi connectivity index (χ1n) is 6.34. The van der Waals surface area contributed by atoms with Gasteiger partial charge in [-0.05, 0) is 42.3 Å². The van der Waals surface area contributed by atoms with E-state index in [-0.39, 0.29) is 17.6 Å². The van der Waals surface area contributed by atoms with Crippen LogP contribution in [0.2, 0.25) is 0 Å². The zero-order valence-electron chi connectivity index (χ0n) is 11.3. The molecule has 4 nitrogen and oxygen atoms in total. The maximum Gasteiger partial charge on any atom is 0.257 e. The van der Waals surface area contributed by atoms with E-state index in [9.17, 15) is 4.79 Å². The third-order valence-corrected chi connectivity index (χ3v) is 2.93. The number of hydrogen-bond acceptors (Lipinski definition) is 3. The van der Waals surface area contributed by atoms with Gasteiger partial charge in [-0.2, -0.15) is 0 Å². The van der Waals surface area contributed by atoms with E-state index >= 15 is 0 Å². The van der Waals surface area contributed by atoms with Crippen LogP contribution in [0.4, 0.5) is 0 Å². The van der Waals surface area contributed by atoms with E-state index in [2.05, 4.69) is 24.5 Å². The number of amides is 1. The van der Waals surface area contributed by atoms with E-state index in [4.69, 9.17) is 17.3 Å². The fourth-order valence-corrected chi connectivity index (χ4v) is 1.71. The fourth-order valence-electron chi connectivity index (χ4n) is 1.52. The fraction of sp³-hybridized carbons (Fsp3) is 0.429. The number of hydrogen-bond donors (Lipinski definition) is 3. The lowest BCUT2D eigenvalue weighted by molar-refractivity contribution is 0.0976. The molecule has 0 heterocycles. The third-order valence-electron chi connectivity index (χ3n) is 2.69. The average Bonchev–Trinajstić information content (AvgIpc) is 2.39. The smallest absolute Gasteiger partial charge is 0.257 e. The first kappa shape index (κ1) is 15.6. The van der Waals surface area contributed by atoms with Crippen molar-refractivity contribution in [2.75, 3.05) is 13.2 Å². The maximum absolute atomic E-state index is 11.9. The molecule has 0 aliphatic carbocycles. The Bertz CT molecular complexity index is 430. The molecular weight excluding hydrogens is 260 g/mol. The van der Waals surface area contributed by atoms with Gasteiger partial charge in [0, 0.05) is 18.7 Å². The lowest BCUT2D eigenvalue weighted by Gasteiger charge is -2.10. The van der Waals surface area contributed by atoms with E-state index in [0.29, 0.717) is 24.4 Å². The second-order valence-corrected chi connectivity index (χ2v) is 4.97. The van der Waals surface area contributed by atoms with E-state index in [1.807, 2.05) is 12.1 Å². The molecule has 19 heavy (non-hydrogen) atoms. The van der Waals surface area contributed by atoms with Crippen molar-refractivity contribution < 1.29 is 9.90 Å². The van der Waals surface area contributed by atoms with Gasteiger partial charge in [0.15, 0.2) is 5.11 Å². The van der Waals surface area contributed by atoms with Gasteiger partial charge < -0.3 is 10.4 Å². The Labute approximate surface area is 119 Å². The molecule has 0 unspecified atom stereocenters. The molecule has 0 saturated carbocycles. The molecule has 0 saturated heterocycles. The Morgan fingerprint density at radius 2 is 1.95 bits per heavy atom. The van der Waals surface area contributed by atoms with Crippen LogP contribution in [0.1, 0.15) is 42.1 Å². The van der Waals surface area contributed by atoms with Gasteiger partial charge in [0.1, 0.15) is 0 Å². The van der Waals surface area contributed by atoms with Gasteiger partial charge in [-0.25, -0.2) is 0 Å². The van der Waals surface area contributed by atoms with Crippen molar-refractivity contribution in [3.05, 3.63) is 35.4 Å². The van der Waals surface area contributed by atoms with Crippen molar-refractivity contribution >= 4 is 23.2 Å². The Hall–Kier alpha value is -1.46. The second-order valence-electron chi connectivity index (χ2n) is 4.56. The summed E-state index contributed by atoms with van der Waals surface area (Å²) in [5.41, 5.74) is 1.77. The molecule has 5 heteroatoms. The number of nitrogens with one attached hydrogen (secondary N) is 2. The standard InChI is InChI=1S/C14H20N2O2S/c1-10(2)11-4-6-12(7-5-11)13(18)16-14(19)15-8-3-9-17/h4-7,10,17H,3,8-9H2,1-2H3,(H2,15,16,18,19). The lowest BCUT2D eigenvalue weighted by Crippen LogP contribution is -2.39. The Morgan fingerprint density at radius 1 is 1.32 bits per heavy atom. The second kappa shape index (κ2) is 7.86. The van der Waals surface area contributed by atoms with E-state index in [0.717, 1.165) is 0 Å². The average molecular weight is 280 g/mol. The number of benzene rings is 1. The number of carbonyl (C=O) groups excluding carboxylic acids is 1. The number of aliphatic hydroxyl groups is 1. The minimum atomic E-state index is -0.225. The van der Waals surface area contributed by atoms with Crippen LogP contribution in [-0.2, 0) is 0 Å². The lowest BCUT2D eigenvalue weighted by atomic mass is 10.0. The molecule has 1 amide bonds. The van der Waals surface area contributed by atoms with Crippen molar-refractivity contribution in [2.45, 2.75) is 26.2 Å². The largest absolute Gasteiger partial charge is 0.396 e. The predicted octanol–water partition coefficient (Wildman–Crippen LogP) is 1.80. The Balaban J connectivity index is 2.51. The highest BCUT2D eigenvalue weighted by atomic mass is 32.1. The molecule has 0 fully saturated rings. The topological polar surface area (TPSA) is 61.4 Å². The van der Waals surface area contributed by atoms with E-state index < -0.39 is 0 Å². The van der Waals surface area contributed by atoms with Gasteiger partial charge in [-0.3, -0.25) is 10.1 Å². The molecule has 0 bridgehead atoms. The van der Waals surface area contributed by atoms with Crippen molar-refractivity contribution in [2.24, 2.45) is 0 Å². The summed E-state index contributed by atoms with van der Waals surface area (Å²) in [5, 5.41) is 14.4. The molecule has 0 spiro atoms. The SMILES string of the molecule is CC(C)c1ccc(C(=O)NC(=S)NCCCO)cc1. The highest BCUT2D eigenvalue weighted by molar-refractivity contribution is 7.80. The molecule has 1 aromatic carbocycles. The monoisotopic (exact) mass is 280 g/mol. The van der Waals surface area contributed by atoms with Crippen LogP contribution >= 0.6 is 12.2 Å². The molecular formula is C14H20N2O2S. The molecule has 3 N–H and O–H groups in total. The van der Waals surface area contributed by atoms with Gasteiger partial charge in [-0.15, -0.1) is 0 Å². The summed E-state index contributed by atoms with van der Waals surface area (Å²) in [6.07, 6.45) is 0.596. The molecule has 0 atom stereocenters. The van der Waals surface area contributed by atoms with Crippen LogP contribution in [0, 0.1) is 0 Å². The zero-order chi connectivity index (χ0) is 14.3. The normalized spacial score (nSPS) is 10.3. The summed E-state index contributed by atoms with van der Waals surface area (Å²) in [4.78, 5) is 11.9. The summed E-state index contributed by atoms with van der Waals surface area (Å²) in [7, 11) is 0. The third kappa shape index (κ3) is 5.36. The highest BCUT2D eigenvalue weighted by Gasteiger charge is 2.08. The van der Waals surface area contributed by atoms with E-state index in [1.165, 1.54) is 5.56 Å². The molecule has 1 rings (SSSR count). The molecule has 0 aliphatic rings. The van der Waals surface area contributed by atoms with Crippen LogP contribution in [0.3, 0.4) is 0 Å². The number of rotatable bonds is 5. The van der Waals surface area contributed by atoms with Gasteiger partial charge >= 0.3 is 0 Å². The van der Waals surface area contributed by atoms with E-state index in [1.54, 1.807) is 12.1 Å². The molecule has 1 aromatic rings. The van der Waals surface area contributed by atoms with Crippen molar-refractivity contribution in [1.82, 2.24) is 10.6 Å². The van der Waals surface area contributed by atoms with Crippen LogP contribution < -0.4 is 10.6 Å². The zero-order valence-corrected chi connectivity index (χ0v) is 12.1. The summed E-state index contributed by atoms with van der Waals surface area (Å²) < 4.78 is 0. The summed E-state index contributed by atoms with van der Waals surface area (Å²) in [6, 6.07) is 7.48. The van der Waals surface area contributed by atoms with Gasteiger partial charge in [0.05, 0.1) is 0 Å². The van der Waals surface area contributed by atoms with Crippen molar-refractivity contribution in [1.29, 1.82) is 0 Å². The van der Waals surface area contributed by atoms with Crippen LogP contribution in [0.5, 0.6) is 0 Å². The Morgan fingerprint density at radius 3 is 2.47 bits per heavy atom. The minimum Gasteiger partial charge on any atom is -0.396 e. The molecule has 0 aromatic heterocycles. The van der Waals surface area contributed by atoms with Crippen molar-refractivity contribution in [3.63, 3.8) is 0 Å². The van der Waals surface area contributed by atoms with Crippen LogP contribution in [-0.4, -0.2) is 29.3 Å². The van der Waals surface area contributed by atoms with Crippen LogP contribution in [0.15, 0.2) is 24.3 Å². The molecule has 0 aliphatic heterocycles.